The zero-order valence-electron chi connectivity index (χ0n) is 15.3. The average Bonchev–Trinajstić information content (AvgIpc) is 2.88. The van der Waals surface area contributed by atoms with Crippen LogP contribution in [0.1, 0.15) is 64.4 Å². The molecule has 1 saturated carbocycles. The van der Waals surface area contributed by atoms with Gasteiger partial charge in [0.15, 0.2) is 0 Å². The highest BCUT2D eigenvalue weighted by Crippen LogP contribution is 2.32. The van der Waals surface area contributed by atoms with Gasteiger partial charge in [0.2, 0.25) is 0 Å². The molecule has 0 spiro atoms. The number of rotatable bonds is 7. The maximum absolute atomic E-state index is 13.0. The molecule has 2 rings (SSSR count). The molecule has 0 bridgehead atoms. The highest BCUT2D eigenvalue weighted by atomic mass is 16.5. The minimum Gasteiger partial charge on any atom is -0.492 e. The largest absolute Gasteiger partial charge is 0.492 e. The Morgan fingerprint density at radius 2 is 1.96 bits per heavy atom. The molecule has 1 aliphatic rings. The minimum atomic E-state index is -0.752. The number of amides is 1. The lowest BCUT2D eigenvalue weighted by Gasteiger charge is -2.31. The third-order valence-electron chi connectivity index (χ3n) is 4.57. The molecule has 1 aromatic carbocycles. The van der Waals surface area contributed by atoms with Gasteiger partial charge in [-0.1, -0.05) is 32.6 Å². The first-order chi connectivity index (χ1) is 12.1. The molecule has 5 heteroatoms. The Balaban J connectivity index is 2.18. The van der Waals surface area contributed by atoms with Gasteiger partial charge < -0.3 is 14.8 Å². The summed E-state index contributed by atoms with van der Waals surface area (Å²) >= 11 is 0. The van der Waals surface area contributed by atoms with Gasteiger partial charge in [0.1, 0.15) is 17.4 Å². The van der Waals surface area contributed by atoms with Crippen molar-refractivity contribution in [3.63, 3.8) is 0 Å². The van der Waals surface area contributed by atoms with Crippen molar-refractivity contribution in [3.05, 3.63) is 23.8 Å². The highest BCUT2D eigenvalue weighted by molar-refractivity contribution is 5.97. The van der Waals surface area contributed by atoms with E-state index in [4.69, 9.17) is 9.47 Å². The van der Waals surface area contributed by atoms with Gasteiger partial charge in [-0.05, 0) is 44.4 Å². The molecule has 1 amide bonds. The molecular weight excluding hydrogens is 316 g/mol. The quantitative estimate of drug-likeness (QED) is 0.744. The van der Waals surface area contributed by atoms with E-state index < -0.39 is 5.60 Å². The van der Waals surface area contributed by atoms with E-state index in [1.165, 1.54) is 0 Å². The van der Waals surface area contributed by atoms with Crippen molar-refractivity contribution in [2.45, 2.75) is 64.4 Å². The second-order valence-corrected chi connectivity index (χ2v) is 6.47. The normalized spacial score (nSPS) is 16.5. The van der Waals surface area contributed by atoms with Crippen LogP contribution in [0.25, 0.3) is 0 Å². The summed E-state index contributed by atoms with van der Waals surface area (Å²) in [5.74, 6) is 0.435. The fourth-order valence-electron chi connectivity index (χ4n) is 3.26. The van der Waals surface area contributed by atoms with Crippen LogP contribution in [-0.4, -0.2) is 24.7 Å². The number of nitrogens with zero attached hydrogens (tertiary/aromatic N) is 1. The number of nitrogens with one attached hydrogen (secondary N) is 1. The summed E-state index contributed by atoms with van der Waals surface area (Å²) in [6, 6.07) is 7.28. The standard InChI is InChI=1S/C20H28N2O3/c1-3-13-25-20(11-7-5-6-8-12-20)19(23)22-17-9-10-18(24-4-2)16(14-17)15-21/h9-10,14H,3-8,11-13H2,1-2H3,(H,22,23). The Morgan fingerprint density at radius 1 is 1.24 bits per heavy atom. The van der Waals surface area contributed by atoms with Crippen molar-refractivity contribution in [1.29, 1.82) is 5.26 Å². The zero-order valence-corrected chi connectivity index (χ0v) is 15.3. The molecule has 25 heavy (non-hydrogen) atoms. The summed E-state index contributed by atoms with van der Waals surface area (Å²) in [5.41, 5.74) is 0.274. The Morgan fingerprint density at radius 3 is 2.56 bits per heavy atom. The smallest absolute Gasteiger partial charge is 0.256 e. The summed E-state index contributed by atoms with van der Waals surface area (Å²) in [4.78, 5) is 13.0. The molecule has 0 heterocycles. The topological polar surface area (TPSA) is 71.3 Å². The predicted molar refractivity (Wildman–Crippen MR) is 97.6 cm³/mol. The summed E-state index contributed by atoms with van der Waals surface area (Å²) in [7, 11) is 0. The molecule has 0 aromatic heterocycles. The number of carbonyl (C=O) groups excluding carboxylic acids is 1. The van der Waals surface area contributed by atoms with Crippen LogP contribution >= 0.6 is 0 Å². The number of carbonyl (C=O) groups is 1. The summed E-state index contributed by atoms with van der Waals surface area (Å²) in [5, 5.41) is 12.3. The molecule has 0 radical (unpaired) electrons. The molecule has 0 saturated heterocycles. The van der Waals surface area contributed by atoms with Crippen LogP contribution in [0.5, 0.6) is 5.75 Å². The van der Waals surface area contributed by atoms with Crippen molar-refractivity contribution in [2.75, 3.05) is 18.5 Å². The maximum atomic E-state index is 13.0. The Labute approximate surface area is 150 Å². The SMILES string of the molecule is CCCOC1(C(=O)Nc2ccc(OCC)c(C#N)c2)CCCCCC1. The van der Waals surface area contributed by atoms with E-state index in [-0.39, 0.29) is 5.91 Å². The van der Waals surface area contributed by atoms with E-state index in [0.29, 0.717) is 30.2 Å². The van der Waals surface area contributed by atoms with Crippen LogP contribution in [0, 0.1) is 11.3 Å². The monoisotopic (exact) mass is 344 g/mol. The van der Waals surface area contributed by atoms with Crippen LogP contribution in [0.3, 0.4) is 0 Å². The molecule has 1 N–H and O–H groups in total. The van der Waals surface area contributed by atoms with Gasteiger partial charge >= 0.3 is 0 Å². The molecule has 5 nitrogen and oxygen atoms in total. The second kappa shape index (κ2) is 9.43. The van der Waals surface area contributed by atoms with Gasteiger partial charge in [-0.3, -0.25) is 4.79 Å². The second-order valence-electron chi connectivity index (χ2n) is 6.47. The van der Waals surface area contributed by atoms with Crippen molar-refractivity contribution in [2.24, 2.45) is 0 Å². The van der Waals surface area contributed by atoms with Crippen molar-refractivity contribution in [3.8, 4) is 11.8 Å². The number of nitriles is 1. The number of ether oxygens (including phenoxy) is 2. The van der Waals surface area contributed by atoms with E-state index in [1.807, 2.05) is 13.8 Å². The van der Waals surface area contributed by atoms with Gasteiger partial charge in [0.25, 0.3) is 5.91 Å². The molecule has 0 unspecified atom stereocenters. The average molecular weight is 344 g/mol. The van der Waals surface area contributed by atoms with E-state index in [9.17, 15) is 10.1 Å². The molecule has 1 fully saturated rings. The lowest BCUT2D eigenvalue weighted by Crippen LogP contribution is -2.45. The van der Waals surface area contributed by atoms with Gasteiger partial charge in [0.05, 0.1) is 12.2 Å². The highest BCUT2D eigenvalue weighted by Gasteiger charge is 2.39. The fourth-order valence-corrected chi connectivity index (χ4v) is 3.26. The van der Waals surface area contributed by atoms with Crippen molar-refractivity contribution >= 4 is 11.6 Å². The first-order valence-electron chi connectivity index (χ1n) is 9.27. The summed E-state index contributed by atoms with van der Waals surface area (Å²) in [6.45, 7) is 5.00. The van der Waals surface area contributed by atoms with E-state index in [0.717, 1.165) is 44.9 Å². The van der Waals surface area contributed by atoms with Crippen LogP contribution < -0.4 is 10.1 Å². The van der Waals surface area contributed by atoms with Crippen molar-refractivity contribution < 1.29 is 14.3 Å². The van der Waals surface area contributed by atoms with Gasteiger partial charge in [0, 0.05) is 12.3 Å². The van der Waals surface area contributed by atoms with E-state index in [1.54, 1.807) is 18.2 Å². The lowest BCUT2D eigenvalue weighted by atomic mass is 9.92. The zero-order chi connectivity index (χ0) is 18.1. The number of hydrogen-bond donors (Lipinski definition) is 1. The molecule has 136 valence electrons. The Kier molecular flexibility index (Phi) is 7.27. The Hall–Kier alpha value is -2.06. The molecule has 0 aliphatic heterocycles. The Bertz CT molecular complexity index is 614. The fraction of sp³-hybridized carbons (Fsp3) is 0.600. The number of anilines is 1. The number of hydrogen-bond acceptors (Lipinski definition) is 4. The van der Waals surface area contributed by atoms with E-state index in [2.05, 4.69) is 11.4 Å². The van der Waals surface area contributed by atoms with Crippen LogP contribution in [0.4, 0.5) is 5.69 Å². The summed E-state index contributed by atoms with van der Waals surface area (Å²) in [6.07, 6.45) is 6.69. The molecule has 0 atom stereocenters. The molecular formula is C20H28N2O3. The number of benzene rings is 1. The summed E-state index contributed by atoms with van der Waals surface area (Å²) < 4.78 is 11.5. The first-order valence-corrected chi connectivity index (χ1v) is 9.27. The first kappa shape index (κ1) is 19.3. The van der Waals surface area contributed by atoms with E-state index >= 15 is 0 Å². The third kappa shape index (κ3) is 4.96. The predicted octanol–water partition coefficient (Wildman–Crippen LogP) is 4.42. The maximum Gasteiger partial charge on any atom is 0.256 e. The van der Waals surface area contributed by atoms with Crippen LogP contribution in [0.15, 0.2) is 18.2 Å². The molecule has 1 aromatic rings. The lowest BCUT2D eigenvalue weighted by molar-refractivity contribution is -0.143. The molecule has 1 aliphatic carbocycles. The van der Waals surface area contributed by atoms with Crippen molar-refractivity contribution in [1.82, 2.24) is 0 Å². The van der Waals surface area contributed by atoms with Gasteiger partial charge in [-0.2, -0.15) is 5.26 Å². The van der Waals surface area contributed by atoms with Gasteiger partial charge in [-0.25, -0.2) is 0 Å². The van der Waals surface area contributed by atoms with Gasteiger partial charge in [-0.15, -0.1) is 0 Å². The third-order valence-corrected chi connectivity index (χ3v) is 4.57. The van der Waals surface area contributed by atoms with Crippen LogP contribution in [0.2, 0.25) is 0 Å². The minimum absolute atomic E-state index is 0.101. The van der Waals surface area contributed by atoms with Crippen LogP contribution in [-0.2, 0) is 9.53 Å².